The van der Waals surface area contributed by atoms with E-state index in [4.69, 9.17) is 9.72 Å². The molecule has 1 aliphatic heterocycles. The molecule has 2 aromatic heterocycles. The van der Waals surface area contributed by atoms with Gasteiger partial charge >= 0.3 is 0 Å². The largest absolute Gasteiger partial charge is 0.369 e. The second-order valence-electron chi connectivity index (χ2n) is 8.72. The van der Waals surface area contributed by atoms with Gasteiger partial charge in [0.2, 0.25) is 0 Å². The van der Waals surface area contributed by atoms with Crippen molar-refractivity contribution in [3.05, 3.63) is 59.0 Å². The minimum absolute atomic E-state index is 0.0628. The number of morpholine rings is 1. The number of hydrogen-bond donors (Lipinski definition) is 1. The third-order valence-electron chi connectivity index (χ3n) is 5.64. The summed E-state index contributed by atoms with van der Waals surface area (Å²) in [6.07, 6.45) is 1.90. The maximum Gasteiger partial charge on any atom is 0.252 e. The summed E-state index contributed by atoms with van der Waals surface area (Å²) in [4.78, 5) is 20.2. The maximum absolute atomic E-state index is 12.9. The molecule has 1 amide bonds. The van der Waals surface area contributed by atoms with E-state index in [1.54, 1.807) is 0 Å². The number of aromatic nitrogens is 3. The van der Waals surface area contributed by atoms with Gasteiger partial charge in [-0.2, -0.15) is 5.10 Å². The zero-order valence-corrected chi connectivity index (χ0v) is 18.8. The van der Waals surface area contributed by atoms with E-state index in [1.165, 1.54) is 5.56 Å². The van der Waals surface area contributed by atoms with E-state index in [2.05, 4.69) is 35.4 Å². The predicted octanol–water partition coefficient (Wildman–Crippen LogP) is 3.24. The average molecular weight is 422 g/mol. The molecule has 4 rings (SSSR count). The second-order valence-corrected chi connectivity index (χ2v) is 8.72. The van der Waals surface area contributed by atoms with Gasteiger partial charge in [0.1, 0.15) is 6.10 Å². The molecular weight excluding hydrogens is 390 g/mol. The first kappa shape index (κ1) is 21.5. The second kappa shape index (κ2) is 9.16. The van der Waals surface area contributed by atoms with Crippen LogP contribution >= 0.6 is 0 Å². The molecule has 31 heavy (non-hydrogen) atoms. The molecule has 1 aliphatic rings. The van der Waals surface area contributed by atoms with Gasteiger partial charge in [-0.1, -0.05) is 32.0 Å². The lowest BCUT2D eigenvalue weighted by molar-refractivity contribution is -0.0349. The van der Waals surface area contributed by atoms with E-state index in [-0.39, 0.29) is 12.0 Å². The fourth-order valence-corrected chi connectivity index (χ4v) is 4.01. The van der Waals surface area contributed by atoms with Gasteiger partial charge < -0.3 is 10.1 Å². The van der Waals surface area contributed by atoms with Crippen molar-refractivity contribution < 1.29 is 9.53 Å². The van der Waals surface area contributed by atoms with Gasteiger partial charge in [0.25, 0.3) is 5.91 Å². The number of aryl methyl sites for hydroxylation is 2. The average Bonchev–Trinajstić information content (AvgIpc) is 3.07. The molecule has 1 atom stereocenters. The number of pyridine rings is 1. The summed E-state index contributed by atoms with van der Waals surface area (Å²) in [5.41, 5.74) is 4.56. The number of nitrogens with one attached hydrogen (secondary N) is 1. The van der Waals surface area contributed by atoms with Crippen molar-refractivity contribution in [3.63, 3.8) is 0 Å². The molecule has 0 radical (unpaired) electrons. The van der Waals surface area contributed by atoms with Crippen LogP contribution < -0.4 is 5.32 Å². The smallest absolute Gasteiger partial charge is 0.252 e. The number of ether oxygens (including phenoxy) is 1. The number of benzene rings is 1. The van der Waals surface area contributed by atoms with E-state index >= 15 is 0 Å². The van der Waals surface area contributed by atoms with Gasteiger partial charge in [0, 0.05) is 50.4 Å². The van der Waals surface area contributed by atoms with E-state index in [0.717, 1.165) is 41.9 Å². The molecule has 0 aliphatic carbocycles. The minimum atomic E-state index is -0.174. The number of nitrogens with zero attached hydrogens (tertiary/aromatic N) is 4. The summed E-state index contributed by atoms with van der Waals surface area (Å²) >= 11 is 0. The molecule has 7 heteroatoms. The fourth-order valence-electron chi connectivity index (χ4n) is 4.01. The van der Waals surface area contributed by atoms with Crippen LogP contribution in [0.1, 0.15) is 47.3 Å². The van der Waals surface area contributed by atoms with Crippen molar-refractivity contribution in [2.75, 3.05) is 26.2 Å². The Morgan fingerprint density at radius 2 is 2.13 bits per heavy atom. The van der Waals surface area contributed by atoms with Crippen molar-refractivity contribution in [2.24, 2.45) is 13.0 Å². The van der Waals surface area contributed by atoms with Crippen LogP contribution in [-0.4, -0.2) is 51.8 Å². The van der Waals surface area contributed by atoms with Crippen molar-refractivity contribution >= 4 is 16.8 Å². The molecule has 3 heterocycles. The Kier molecular flexibility index (Phi) is 6.34. The van der Waals surface area contributed by atoms with Crippen molar-refractivity contribution in [1.82, 2.24) is 25.0 Å². The summed E-state index contributed by atoms with van der Waals surface area (Å²) in [5.74, 6) is 0.329. The monoisotopic (exact) mass is 421 g/mol. The van der Waals surface area contributed by atoms with Gasteiger partial charge in [0.05, 0.1) is 29.1 Å². The summed E-state index contributed by atoms with van der Waals surface area (Å²) in [6, 6.07) is 9.71. The molecule has 1 saturated heterocycles. The molecule has 3 aromatic rings. The van der Waals surface area contributed by atoms with Crippen molar-refractivity contribution in [2.45, 2.75) is 33.4 Å². The molecule has 1 fully saturated rings. The zero-order valence-electron chi connectivity index (χ0n) is 18.8. The molecule has 164 valence electrons. The summed E-state index contributed by atoms with van der Waals surface area (Å²) in [5, 5.41) is 8.36. The van der Waals surface area contributed by atoms with Crippen LogP contribution in [0.2, 0.25) is 0 Å². The highest BCUT2D eigenvalue weighted by atomic mass is 16.5. The Morgan fingerprint density at radius 1 is 1.32 bits per heavy atom. The first-order chi connectivity index (χ1) is 14.9. The Labute approximate surface area is 183 Å². The standard InChI is InChI=1S/C24H31N5O2/c1-16(2)12-25-24(30)20-11-22(26-21-8-6-5-7-19(20)21)23-15-29(9-10-31-23)14-18-13-28(4)27-17(18)3/h5-8,11,13,16,23H,9-10,12,14-15H2,1-4H3,(H,25,30). The Bertz CT molecular complexity index is 1080. The lowest BCUT2D eigenvalue weighted by atomic mass is 10.0. The highest BCUT2D eigenvalue weighted by molar-refractivity contribution is 6.06. The van der Waals surface area contributed by atoms with E-state index in [9.17, 15) is 4.79 Å². The first-order valence-electron chi connectivity index (χ1n) is 10.9. The van der Waals surface area contributed by atoms with Crippen LogP contribution in [0.3, 0.4) is 0 Å². The summed E-state index contributed by atoms with van der Waals surface area (Å²) < 4.78 is 7.95. The highest BCUT2D eigenvalue weighted by Gasteiger charge is 2.26. The van der Waals surface area contributed by atoms with Gasteiger partial charge in [-0.05, 0) is 25.0 Å². The highest BCUT2D eigenvalue weighted by Crippen LogP contribution is 2.27. The van der Waals surface area contributed by atoms with Gasteiger partial charge in [0.15, 0.2) is 0 Å². The Morgan fingerprint density at radius 3 is 2.87 bits per heavy atom. The third-order valence-corrected chi connectivity index (χ3v) is 5.64. The van der Waals surface area contributed by atoms with E-state index in [0.29, 0.717) is 24.6 Å². The molecule has 1 unspecified atom stereocenters. The molecule has 0 bridgehead atoms. The summed E-state index contributed by atoms with van der Waals surface area (Å²) in [6.45, 7) is 9.91. The fraction of sp³-hybridized carbons (Fsp3) is 0.458. The number of rotatable bonds is 6. The number of hydrogen-bond acceptors (Lipinski definition) is 5. The number of para-hydroxylation sites is 1. The maximum atomic E-state index is 12.9. The predicted molar refractivity (Wildman–Crippen MR) is 121 cm³/mol. The van der Waals surface area contributed by atoms with Crippen LogP contribution in [0.15, 0.2) is 36.5 Å². The quantitative estimate of drug-likeness (QED) is 0.662. The van der Waals surface area contributed by atoms with Crippen molar-refractivity contribution in [1.29, 1.82) is 0 Å². The molecule has 0 spiro atoms. The lowest BCUT2D eigenvalue weighted by Gasteiger charge is -2.32. The number of carbonyl (C=O) groups excluding carboxylic acids is 1. The van der Waals surface area contributed by atoms with E-state index < -0.39 is 0 Å². The van der Waals surface area contributed by atoms with Crippen molar-refractivity contribution in [3.8, 4) is 0 Å². The SMILES string of the molecule is Cc1nn(C)cc1CN1CCOC(c2cc(C(=O)NCC(C)C)c3ccccc3n2)C1. The molecule has 7 nitrogen and oxygen atoms in total. The summed E-state index contributed by atoms with van der Waals surface area (Å²) in [7, 11) is 1.95. The van der Waals surface area contributed by atoms with Crippen LogP contribution in [-0.2, 0) is 18.3 Å². The van der Waals surface area contributed by atoms with Crippen LogP contribution in [0.4, 0.5) is 0 Å². The molecular formula is C24H31N5O2. The molecule has 0 saturated carbocycles. The minimum Gasteiger partial charge on any atom is -0.369 e. The molecule has 1 N–H and O–H groups in total. The number of fused-ring (bicyclic) bond motifs is 1. The van der Waals surface area contributed by atoms with Crippen LogP contribution in [0.5, 0.6) is 0 Å². The van der Waals surface area contributed by atoms with Gasteiger partial charge in [-0.3, -0.25) is 14.4 Å². The van der Waals surface area contributed by atoms with E-state index in [1.807, 2.05) is 49.0 Å². The third kappa shape index (κ3) is 4.94. The van der Waals surface area contributed by atoms with Gasteiger partial charge in [-0.25, -0.2) is 4.98 Å². The Hall–Kier alpha value is -2.77. The zero-order chi connectivity index (χ0) is 22.0. The first-order valence-corrected chi connectivity index (χ1v) is 10.9. The number of carbonyl (C=O) groups is 1. The molecule has 1 aromatic carbocycles. The number of amides is 1. The van der Waals surface area contributed by atoms with Crippen LogP contribution in [0.25, 0.3) is 10.9 Å². The topological polar surface area (TPSA) is 72.3 Å². The van der Waals surface area contributed by atoms with Crippen LogP contribution in [0, 0.1) is 12.8 Å². The van der Waals surface area contributed by atoms with Gasteiger partial charge in [-0.15, -0.1) is 0 Å². The normalized spacial score (nSPS) is 17.4. The lowest BCUT2D eigenvalue weighted by Crippen LogP contribution is -2.38. The Balaban J connectivity index is 1.59.